The molecule has 1 amide bonds. The normalized spacial score (nSPS) is 19.1. The number of carbonyl (C=O) groups excluding carboxylic acids is 1. The number of nitrogens with zero attached hydrogens (tertiary/aromatic N) is 2. The number of aromatic nitrogens is 1. The van der Waals surface area contributed by atoms with Gasteiger partial charge in [0.2, 0.25) is 11.8 Å². The van der Waals surface area contributed by atoms with Crippen LogP contribution in [0.3, 0.4) is 0 Å². The zero-order chi connectivity index (χ0) is 20.6. The van der Waals surface area contributed by atoms with Crippen LogP contribution in [-0.4, -0.2) is 35.0 Å². The van der Waals surface area contributed by atoms with Gasteiger partial charge in [-0.3, -0.25) is 4.79 Å². The summed E-state index contributed by atoms with van der Waals surface area (Å²) < 4.78 is 43.5. The third-order valence-electron chi connectivity index (χ3n) is 5.75. The molecule has 154 valence electrons. The van der Waals surface area contributed by atoms with Gasteiger partial charge in [-0.25, -0.2) is 4.98 Å². The summed E-state index contributed by atoms with van der Waals surface area (Å²) in [5.41, 5.74) is -0.359. The van der Waals surface area contributed by atoms with Crippen molar-refractivity contribution in [2.45, 2.75) is 43.4 Å². The van der Waals surface area contributed by atoms with Gasteiger partial charge in [0, 0.05) is 17.3 Å². The van der Waals surface area contributed by atoms with Crippen molar-refractivity contribution in [1.29, 1.82) is 0 Å². The Morgan fingerprint density at radius 2 is 1.76 bits per heavy atom. The van der Waals surface area contributed by atoms with Crippen molar-refractivity contribution in [3.63, 3.8) is 0 Å². The van der Waals surface area contributed by atoms with Gasteiger partial charge in [-0.15, -0.1) is 0 Å². The minimum absolute atomic E-state index is 0.0811. The highest BCUT2D eigenvalue weighted by atomic mass is 35.5. The van der Waals surface area contributed by atoms with E-state index in [1.807, 2.05) is 24.3 Å². The lowest BCUT2D eigenvalue weighted by molar-refractivity contribution is -0.146. The lowest BCUT2D eigenvalue weighted by Crippen LogP contribution is -2.60. The zero-order valence-corrected chi connectivity index (χ0v) is 16.3. The van der Waals surface area contributed by atoms with E-state index in [1.165, 1.54) is 6.07 Å². The number of halogens is 4. The van der Waals surface area contributed by atoms with Crippen LogP contribution in [0.4, 0.5) is 13.2 Å². The highest BCUT2D eigenvalue weighted by Crippen LogP contribution is 2.43. The van der Waals surface area contributed by atoms with Crippen molar-refractivity contribution in [2.24, 2.45) is 0 Å². The van der Waals surface area contributed by atoms with E-state index < -0.39 is 17.2 Å². The van der Waals surface area contributed by atoms with Crippen molar-refractivity contribution in [1.82, 2.24) is 9.88 Å². The molecule has 0 spiro atoms. The molecule has 2 heterocycles. The number of ether oxygens (including phenoxy) is 1. The van der Waals surface area contributed by atoms with E-state index >= 15 is 0 Å². The topological polar surface area (TPSA) is 42.4 Å². The third-order valence-corrected chi connectivity index (χ3v) is 6.00. The first-order chi connectivity index (χ1) is 13.8. The number of amides is 1. The van der Waals surface area contributed by atoms with E-state index in [0.717, 1.165) is 43.5 Å². The number of benzene rings is 1. The zero-order valence-electron chi connectivity index (χ0n) is 15.6. The molecular weight excluding hydrogens is 405 g/mol. The predicted octanol–water partition coefficient (Wildman–Crippen LogP) is 4.86. The summed E-state index contributed by atoms with van der Waals surface area (Å²) in [6.45, 7) is 0.799. The monoisotopic (exact) mass is 424 g/mol. The summed E-state index contributed by atoms with van der Waals surface area (Å²) in [7, 11) is 0. The number of pyridine rings is 1. The highest BCUT2D eigenvalue weighted by Gasteiger charge is 2.48. The second-order valence-electron chi connectivity index (χ2n) is 7.63. The van der Waals surface area contributed by atoms with E-state index in [2.05, 4.69) is 4.98 Å². The van der Waals surface area contributed by atoms with Gasteiger partial charge in [0.15, 0.2) is 0 Å². The molecule has 1 saturated carbocycles. The molecule has 0 radical (unpaired) electrons. The number of hydrogen-bond donors (Lipinski definition) is 0. The molecule has 8 heteroatoms. The summed E-state index contributed by atoms with van der Waals surface area (Å²) in [5.74, 6) is 0.209. The summed E-state index contributed by atoms with van der Waals surface area (Å²) in [6, 6.07) is 9.61. The Hall–Kier alpha value is -2.28. The fourth-order valence-corrected chi connectivity index (χ4v) is 4.27. The maximum Gasteiger partial charge on any atom is 0.417 e. The SMILES string of the molecule is O=C(N1CC(Oc2ccc(C(F)(F)F)cn2)C1)C1(c2ccc(Cl)cc2)CCCC1. The number of alkyl halides is 3. The number of rotatable bonds is 4. The molecule has 1 saturated heterocycles. The van der Waals surface area contributed by atoms with Crippen LogP contribution in [0.5, 0.6) is 5.88 Å². The molecule has 2 fully saturated rings. The van der Waals surface area contributed by atoms with Gasteiger partial charge < -0.3 is 9.64 Å². The van der Waals surface area contributed by atoms with E-state index in [1.54, 1.807) is 4.90 Å². The average molecular weight is 425 g/mol. The average Bonchev–Trinajstić information content (AvgIpc) is 3.15. The third kappa shape index (κ3) is 3.92. The molecule has 2 aliphatic rings. The lowest BCUT2D eigenvalue weighted by Gasteiger charge is -2.43. The maximum atomic E-state index is 13.3. The van der Waals surface area contributed by atoms with Crippen LogP contribution >= 0.6 is 11.6 Å². The Morgan fingerprint density at radius 1 is 1.10 bits per heavy atom. The Balaban J connectivity index is 1.39. The molecule has 1 aliphatic heterocycles. The summed E-state index contributed by atoms with van der Waals surface area (Å²) >= 11 is 5.99. The molecule has 0 atom stereocenters. The standard InChI is InChI=1S/C21H20ClF3N2O2/c22-16-6-3-14(4-7-16)20(9-1-2-10-20)19(28)27-12-17(13-27)29-18-8-5-15(11-26-18)21(23,24)25/h3-8,11,17H,1-2,9-10,12-13H2. The molecule has 0 bridgehead atoms. The Kier molecular flexibility index (Phi) is 5.19. The van der Waals surface area contributed by atoms with Gasteiger partial charge in [0.1, 0.15) is 6.10 Å². The van der Waals surface area contributed by atoms with Crippen LogP contribution < -0.4 is 4.74 Å². The molecule has 29 heavy (non-hydrogen) atoms. The predicted molar refractivity (Wildman–Crippen MR) is 102 cm³/mol. The van der Waals surface area contributed by atoms with Crippen LogP contribution in [0.1, 0.15) is 36.8 Å². The van der Waals surface area contributed by atoms with Crippen molar-refractivity contribution >= 4 is 17.5 Å². The van der Waals surface area contributed by atoms with E-state index in [4.69, 9.17) is 16.3 Å². The fraction of sp³-hybridized carbons (Fsp3) is 0.429. The molecule has 2 aromatic rings. The maximum absolute atomic E-state index is 13.3. The summed E-state index contributed by atoms with van der Waals surface area (Å²) in [4.78, 5) is 18.8. The van der Waals surface area contributed by atoms with Crippen LogP contribution in [0.15, 0.2) is 42.6 Å². The first-order valence-electron chi connectivity index (χ1n) is 9.53. The van der Waals surface area contributed by atoms with E-state index in [9.17, 15) is 18.0 Å². The van der Waals surface area contributed by atoms with Gasteiger partial charge in [-0.2, -0.15) is 13.2 Å². The van der Waals surface area contributed by atoms with Gasteiger partial charge >= 0.3 is 6.18 Å². The lowest BCUT2D eigenvalue weighted by atomic mass is 9.77. The van der Waals surface area contributed by atoms with Crippen molar-refractivity contribution in [3.8, 4) is 5.88 Å². The van der Waals surface area contributed by atoms with E-state index in [0.29, 0.717) is 18.1 Å². The number of likely N-dealkylation sites (tertiary alicyclic amines) is 1. The van der Waals surface area contributed by atoms with Crippen molar-refractivity contribution < 1.29 is 22.7 Å². The molecule has 1 aliphatic carbocycles. The minimum atomic E-state index is -4.43. The fourth-order valence-electron chi connectivity index (χ4n) is 4.14. The van der Waals surface area contributed by atoms with Crippen LogP contribution in [0.2, 0.25) is 5.02 Å². The van der Waals surface area contributed by atoms with Crippen LogP contribution in [0, 0.1) is 0 Å². The smallest absolute Gasteiger partial charge is 0.417 e. The molecular formula is C21H20ClF3N2O2. The first kappa shape index (κ1) is 20.0. The van der Waals surface area contributed by atoms with Crippen LogP contribution in [0.25, 0.3) is 0 Å². The quantitative estimate of drug-likeness (QED) is 0.704. The molecule has 4 rings (SSSR count). The van der Waals surface area contributed by atoms with Gasteiger partial charge in [-0.1, -0.05) is 36.6 Å². The summed E-state index contributed by atoms with van der Waals surface area (Å²) in [6.07, 6.45) is -0.346. The molecule has 0 unspecified atom stereocenters. The minimum Gasteiger partial charge on any atom is -0.471 e. The van der Waals surface area contributed by atoms with Gasteiger partial charge in [0.05, 0.1) is 24.1 Å². The Bertz CT molecular complexity index is 872. The van der Waals surface area contributed by atoms with Gasteiger partial charge in [0.25, 0.3) is 0 Å². The van der Waals surface area contributed by atoms with Crippen molar-refractivity contribution in [3.05, 3.63) is 58.7 Å². The molecule has 4 nitrogen and oxygen atoms in total. The Morgan fingerprint density at radius 3 is 2.31 bits per heavy atom. The molecule has 1 aromatic carbocycles. The number of carbonyl (C=O) groups is 1. The second kappa shape index (κ2) is 7.52. The first-order valence-corrected chi connectivity index (χ1v) is 9.91. The second-order valence-corrected chi connectivity index (χ2v) is 8.07. The largest absolute Gasteiger partial charge is 0.471 e. The molecule has 1 aromatic heterocycles. The molecule has 0 N–H and O–H groups in total. The van der Waals surface area contributed by atoms with Crippen molar-refractivity contribution in [2.75, 3.05) is 13.1 Å². The van der Waals surface area contributed by atoms with Gasteiger partial charge in [-0.05, 0) is 36.6 Å². The number of hydrogen-bond acceptors (Lipinski definition) is 3. The summed E-state index contributed by atoms with van der Waals surface area (Å²) in [5, 5.41) is 0.635. The van der Waals surface area contributed by atoms with E-state index in [-0.39, 0.29) is 17.9 Å². The van der Waals surface area contributed by atoms with Crippen LogP contribution in [-0.2, 0) is 16.4 Å². The highest BCUT2D eigenvalue weighted by molar-refractivity contribution is 6.30. The Labute approximate surface area is 171 Å².